The molecule has 0 bridgehead atoms. The Morgan fingerprint density at radius 2 is 2.07 bits per heavy atom. The van der Waals surface area contributed by atoms with Crippen molar-refractivity contribution in [3.05, 3.63) is 57.5 Å². The molecule has 0 saturated carbocycles. The molecule has 1 aromatic carbocycles. The van der Waals surface area contributed by atoms with E-state index in [2.05, 4.69) is 10.4 Å². The number of hydrogen-bond acceptors (Lipinski definition) is 6. The number of nitrogens with zero attached hydrogens (tertiary/aromatic N) is 3. The van der Waals surface area contributed by atoms with Crippen LogP contribution in [-0.2, 0) is 4.79 Å². The van der Waals surface area contributed by atoms with Crippen LogP contribution in [0.5, 0.6) is 5.75 Å². The third kappa shape index (κ3) is 3.98. The second-order valence-corrected chi connectivity index (χ2v) is 6.88. The molecule has 2 amide bonds. The molecule has 0 saturated heterocycles. The Hall–Kier alpha value is -3.20. The lowest BCUT2D eigenvalue weighted by atomic mass is 10.2. The molecule has 0 atom stereocenters. The van der Waals surface area contributed by atoms with E-state index in [0.717, 1.165) is 4.68 Å². The number of fused-ring (bicyclic) bond motifs is 1. The van der Waals surface area contributed by atoms with E-state index in [-0.39, 0.29) is 18.1 Å². The number of thiophene rings is 1. The maximum Gasteiger partial charge on any atom is 0.281 e. The van der Waals surface area contributed by atoms with E-state index in [1.165, 1.54) is 22.3 Å². The Bertz CT molecular complexity index is 1070. The number of benzene rings is 1. The SMILES string of the molecule is Cc1nc2sccc2c(=O)n1NC(=O)c1cccc(OCC(=O)N(C)C)c1. The van der Waals surface area contributed by atoms with Gasteiger partial charge in [0.2, 0.25) is 0 Å². The lowest BCUT2D eigenvalue weighted by Gasteiger charge is -2.13. The highest BCUT2D eigenvalue weighted by atomic mass is 32.1. The van der Waals surface area contributed by atoms with Gasteiger partial charge in [-0.3, -0.25) is 19.8 Å². The van der Waals surface area contributed by atoms with Crippen LogP contribution in [0.3, 0.4) is 0 Å². The molecule has 0 fully saturated rings. The van der Waals surface area contributed by atoms with Gasteiger partial charge in [-0.05, 0) is 36.6 Å². The highest BCUT2D eigenvalue weighted by molar-refractivity contribution is 7.16. The maximum atomic E-state index is 12.6. The van der Waals surface area contributed by atoms with Crippen LogP contribution in [0.25, 0.3) is 10.2 Å². The van der Waals surface area contributed by atoms with Crippen molar-refractivity contribution in [2.24, 2.45) is 0 Å². The Kier molecular flexibility index (Phi) is 5.22. The number of rotatable bonds is 5. The van der Waals surface area contributed by atoms with Crippen molar-refractivity contribution in [1.82, 2.24) is 14.6 Å². The van der Waals surface area contributed by atoms with Crippen molar-refractivity contribution in [2.75, 3.05) is 26.1 Å². The summed E-state index contributed by atoms with van der Waals surface area (Å²) >= 11 is 1.37. The molecule has 9 heteroatoms. The first kappa shape index (κ1) is 18.6. The number of likely N-dealkylation sites (N-methyl/N-ethyl adjacent to an activating group) is 1. The van der Waals surface area contributed by atoms with E-state index >= 15 is 0 Å². The Morgan fingerprint density at radius 1 is 1.30 bits per heavy atom. The number of hydrogen-bond donors (Lipinski definition) is 1. The Balaban J connectivity index is 1.80. The summed E-state index contributed by atoms with van der Waals surface area (Å²) < 4.78 is 6.54. The third-order valence-electron chi connectivity index (χ3n) is 3.84. The van der Waals surface area contributed by atoms with Crippen LogP contribution >= 0.6 is 11.3 Å². The summed E-state index contributed by atoms with van der Waals surface area (Å²) in [7, 11) is 3.27. The Labute approximate surface area is 159 Å². The predicted molar refractivity (Wildman–Crippen MR) is 103 cm³/mol. The molecule has 0 spiro atoms. The van der Waals surface area contributed by atoms with Gasteiger partial charge in [0.1, 0.15) is 16.4 Å². The fourth-order valence-electron chi connectivity index (χ4n) is 2.31. The van der Waals surface area contributed by atoms with Gasteiger partial charge in [0.15, 0.2) is 6.61 Å². The van der Waals surface area contributed by atoms with Gasteiger partial charge in [-0.15, -0.1) is 11.3 Å². The van der Waals surface area contributed by atoms with Gasteiger partial charge in [-0.2, -0.15) is 0 Å². The van der Waals surface area contributed by atoms with E-state index in [1.54, 1.807) is 50.7 Å². The molecule has 0 aliphatic carbocycles. The van der Waals surface area contributed by atoms with Crippen molar-refractivity contribution in [2.45, 2.75) is 6.92 Å². The minimum absolute atomic E-state index is 0.130. The normalized spacial score (nSPS) is 10.6. The smallest absolute Gasteiger partial charge is 0.281 e. The molecule has 1 N–H and O–H groups in total. The average Bonchev–Trinajstić information content (AvgIpc) is 3.11. The molecular formula is C18H18N4O4S. The van der Waals surface area contributed by atoms with Crippen LogP contribution in [0.1, 0.15) is 16.2 Å². The molecule has 0 radical (unpaired) electrons. The van der Waals surface area contributed by atoms with Crippen molar-refractivity contribution >= 4 is 33.4 Å². The first-order valence-electron chi connectivity index (χ1n) is 8.08. The maximum absolute atomic E-state index is 12.6. The summed E-state index contributed by atoms with van der Waals surface area (Å²) in [6.07, 6.45) is 0. The van der Waals surface area contributed by atoms with E-state index in [4.69, 9.17) is 4.74 Å². The minimum Gasteiger partial charge on any atom is -0.484 e. The molecule has 8 nitrogen and oxygen atoms in total. The summed E-state index contributed by atoms with van der Waals surface area (Å²) in [6.45, 7) is 1.52. The summed E-state index contributed by atoms with van der Waals surface area (Å²) in [5.41, 5.74) is 2.52. The second-order valence-electron chi connectivity index (χ2n) is 5.98. The van der Waals surface area contributed by atoms with Crippen molar-refractivity contribution in [3.63, 3.8) is 0 Å². The topological polar surface area (TPSA) is 93.5 Å². The number of amides is 2. The zero-order valence-corrected chi connectivity index (χ0v) is 15.9. The fourth-order valence-corrected chi connectivity index (χ4v) is 3.11. The van der Waals surface area contributed by atoms with Crippen LogP contribution in [0, 0.1) is 6.92 Å². The molecule has 27 heavy (non-hydrogen) atoms. The molecular weight excluding hydrogens is 368 g/mol. The lowest BCUT2D eigenvalue weighted by Crippen LogP contribution is -2.35. The average molecular weight is 386 g/mol. The summed E-state index contributed by atoms with van der Waals surface area (Å²) in [6, 6.07) is 8.06. The standard InChI is InChI=1S/C18H18N4O4S/c1-11-19-17-14(7-8-27-17)18(25)22(11)20-16(24)12-5-4-6-13(9-12)26-10-15(23)21(2)3/h4-9H,10H2,1-3H3,(H,20,24). The molecule has 2 heterocycles. The Morgan fingerprint density at radius 3 is 2.81 bits per heavy atom. The van der Waals surface area contributed by atoms with Gasteiger partial charge in [0.05, 0.1) is 5.39 Å². The van der Waals surface area contributed by atoms with E-state index in [9.17, 15) is 14.4 Å². The van der Waals surface area contributed by atoms with Crippen LogP contribution in [0.2, 0.25) is 0 Å². The van der Waals surface area contributed by atoms with Crippen molar-refractivity contribution in [3.8, 4) is 5.75 Å². The molecule has 3 rings (SSSR count). The van der Waals surface area contributed by atoms with E-state index < -0.39 is 5.91 Å². The number of nitrogens with one attached hydrogen (secondary N) is 1. The van der Waals surface area contributed by atoms with Crippen molar-refractivity contribution in [1.29, 1.82) is 0 Å². The van der Waals surface area contributed by atoms with E-state index in [0.29, 0.717) is 27.4 Å². The molecule has 140 valence electrons. The number of carbonyl (C=O) groups is 2. The van der Waals surface area contributed by atoms with Gasteiger partial charge in [0, 0.05) is 19.7 Å². The number of ether oxygens (including phenoxy) is 1. The molecule has 0 aliphatic heterocycles. The largest absolute Gasteiger partial charge is 0.484 e. The van der Waals surface area contributed by atoms with Crippen LogP contribution < -0.4 is 15.7 Å². The third-order valence-corrected chi connectivity index (χ3v) is 4.64. The first-order chi connectivity index (χ1) is 12.9. The van der Waals surface area contributed by atoms with Crippen LogP contribution in [-0.4, -0.2) is 47.1 Å². The zero-order valence-electron chi connectivity index (χ0n) is 15.1. The van der Waals surface area contributed by atoms with Gasteiger partial charge in [0.25, 0.3) is 17.4 Å². The van der Waals surface area contributed by atoms with E-state index in [1.807, 2.05) is 0 Å². The van der Waals surface area contributed by atoms with Crippen molar-refractivity contribution < 1.29 is 14.3 Å². The highest BCUT2D eigenvalue weighted by Crippen LogP contribution is 2.16. The summed E-state index contributed by atoms with van der Waals surface area (Å²) in [5, 5.41) is 2.23. The fraction of sp³-hybridized carbons (Fsp3) is 0.222. The summed E-state index contributed by atoms with van der Waals surface area (Å²) in [5.74, 6) is 0.0868. The highest BCUT2D eigenvalue weighted by Gasteiger charge is 2.14. The molecule has 3 aromatic rings. The van der Waals surface area contributed by atoms with Gasteiger partial charge in [-0.1, -0.05) is 6.07 Å². The number of aryl methyl sites for hydroxylation is 1. The van der Waals surface area contributed by atoms with Crippen LogP contribution in [0.4, 0.5) is 0 Å². The number of carbonyl (C=O) groups excluding carboxylic acids is 2. The second kappa shape index (κ2) is 7.58. The van der Waals surface area contributed by atoms with Gasteiger partial charge >= 0.3 is 0 Å². The summed E-state index contributed by atoms with van der Waals surface area (Å²) in [4.78, 5) is 43.1. The quantitative estimate of drug-likeness (QED) is 0.719. The molecule has 2 aromatic heterocycles. The zero-order chi connectivity index (χ0) is 19.6. The van der Waals surface area contributed by atoms with Crippen LogP contribution in [0.15, 0.2) is 40.5 Å². The lowest BCUT2D eigenvalue weighted by molar-refractivity contribution is -0.130. The first-order valence-corrected chi connectivity index (χ1v) is 8.96. The van der Waals surface area contributed by atoms with Gasteiger partial charge < -0.3 is 9.64 Å². The monoisotopic (exact) mass is 386 g/mol. The minimum atomic E-state index is -0.485. The number of aromatic nitrogens is 2. The van der Waals surface area contributed by atoms with Gasteiger partial charge in [-0.25, -0.2) is 9.66 Å². The predicted octanol–water partition coefficient (Wildman–Crippen LogP) is 1.62. The molecule has 0 unspecified atom stereocenters. The molecule has 0 aliphatic rings.